The number of carbonyl (C=O) groups excluding carboxylic acids is 2. The number of fused-ring (bicyclic) bond motifs is 1. The molecular formula is C27H27N5O4. The number of nitrogens with one attached hydrogen (secondary N) is 1. The first kappa shape index (κ1) is 24.6. The average Bonchev–Trinajstić information content (AvgIpc) is 3.20. The normalized spacial score (nSPS) is 12.0. The first-order valence-corrected chi connectivity index (χ1v) is 11.2. The minimum atomic E-state index is -1.00. The van der Waals surface area contributed by atoms with Crippen LogP contribution in [0.4, 0.5) is 11.4 Å². The van der Waals surface area contributed by atoms with Crippen LogP contribution < -0.4 is 10.6 Å². The molecule has 0 spiro atoms. The van der Waals surface area contributed by atoms with Gasteiger partial charge >= 0.3 is 5.97 Å². The zero-order valence-corrected chi connectivity index (χ0v) is 20.4. The molecule has 0 fully saturated rings. The van der Waals surface area contributed by atoms with Gasteiger partial charge in [0, 0.05) is 41.6 Å². The second kappa shape index (κ2) is 9.63. The van der Waals surface area contributed by atoms with Crippen LogP contribution in [0.5, 0.6) is 5.88 Å². The number of nitrogens with two attached hydrogens (primary N) is 1. The van der Waals surface area contributed by atoms with E-state index in [1.807, 2.05) is 6.07 Å². The molecule has 2 aromatic carbocycles. The van der Waals surface area contributed by atoms with Gasteiger partial charge in [-0.3, -0.25) is 9.78 Å². The number of H-pyrrole nitrogens is 1. The van der Waals surface area contributed by atoms with Crippen LogP contribution in [0, 0.1) is 0 Å². The Morgan fingerprint density at radius 2 is 1.83 bits per heavy atom. The number of nitrogens with zero attached hydrogens (tertiary/aromatic N) is 3. The van der Waals surface area contributed by atoms with Crippen molar-refractivity contribution in [2.45, 2.75) is 19.4 Å². The predicted octanol–water partition coefficient (Wildman–Crippen LogP) is 3.92. The van der Waals surface area contributed by atoms with Gasteiger partial charge in [0.15, 0.2) is 5.88 Å². The standard InChI is InChI=1S/C27H27N5O4/c1-27(2,28)26(35)32(3)19-10-8-18(9-11-19)30-23(17-6-5-13-29-15-17)22-20-12-7-16(25(34)36-4)14-21(20)31-24(22)33/h5-15,31,33H,28H2,1-4H3. The lowest BCUT2D eigenvalue weighted by Crippen LogP contribution is -2.49. The van der Waals surface area contributed by atoms with E-state index in [0.717, 1.165) is 0 Å². The van der Waals surface area contributed by atoms with Gasteiger partial charge in [-0.25, -0.2) is 9.79 Å². The van der Waals surface area contributed by atoms with Crippen LogP contribution in [0.1, 0.15) is 35.3 Å². The number of aromatic amines is 1. The van der Waals surface area contributed by atoms with Gasteiger partial charge in [-0.1, -0.05) is 6.07 Å². The highest BCUT2D eigenvalue weighted by atomic mass is 16.5. The predicted molar refractivity (Wildman–Crippen MR) is 139 cm³/mol. The summed E-state index contributed by atoms with van der Waals surface area (Å²) in [6, 6.07) is 15.7. The fourth-order valence-corrected chi connectivity index (χ4v) is 3.86. The van der Waals surface area contributed by atoms with E-state index in [1.165, 1.54) is 12.0 Å². The molecule has 1 amide bonds. The number of hydrogen-bond acceptors (Lipinski definition) is 7. The number of likely N-dealkylation sites (N-methyl/N-ethyl adjacent to an activating group) is 1. The molecule has 0 radical (unpaired) electrons. The van der Waals surface area contributed by atoms with Crippen molar-refractivity contribution in [2.24, 2.45) is 10.7 Å². The number of amides is 1. The molecule has 36 heavy (non-hydrogen) atoms. The van der Waals surface area contributed by atoms with Crippen molar-refractivity contribution >= 4 is 39.9 Å². The van der Waals surface area contributed by atoms with Gasteiger partial charge in [0.2, 0.25) is 5.91 Å². The number of benzene rings is 2. The molecular weight excluding hydrogens is 458 g/mol. The molecule has 9 nitrogen and oxygen atoms in total. The highest BCUT2D eigenvalue weighted by molar-refractivity contribution is 6.22. The molecule has 4 aromatic rings. The van der Waals surface area contributed by atoms with Crippen LogP contribution in [0.3, 0.4) is 0 Å². The van der Waals surface area contributed by atoms with E-state index in [-0.39, 0.29) is 11.8 Å². The fourth-order valence-electron chi connectivity index (χ4n) is 3.86. The highest BCUT2D eigenvalue weighted by Gasteiger charge is 2.26. The Balaban J connectivity index is 1.80. The third kappa shape index (κ3) is 4.82. The molecule has 0 saturated carbocycles. The van der Waals surface area contributed by atoms with E-state index in [1.54, 1.807) is 81.8 Å². The number of ether oxygens (including phenoxy) is 1. The van der Waals surface area contributed by atoms with Gasteiger partial charge in [0.1, 0.15) is 0 Å². The number of pyridine rings is 1. The molecule has 9 heteroatoms. The zero-order valence-electron chi connectivity index (χ0n) is 20.4. The van der Waals surface area contributed by atoms with Crippen molar-refractivity contribution in [3.8, 4) is 5.88 Å². The SMILES string of the molecule is COC(=O)c1ccc2c(C(=Nc3ccc(N(C)C(=O)C(C)(C)N)cc3)c3cccnc3)c(O)[nH]c2c1. The van der Waals surface area contributed by atoms with Gasteiger partial charge in [-0.05, 0) is 62.4 Å². The topological polar surface area (TPSA) is 134 Å². The van der Waals surface area contributed by atoms with Crippen molar-refractivity contribution < 1.29 is 19.4 Å². The Bertz CT molecular complexity index is 1450. The summed E-state index contributed by atoms with van der Waals surface area (Å²) in [6.45, 7) is 3.32. The molecule has 0 aliphatic heterocycles. The highest BCUT2D eigenvalue weighted by Crippen LogP contribution is 2.32. The first-order chi connectivity index (χ1) is 17.1. The summed E-state index contributed by atoms with van der Waals surface area (Å²) in [5.74, 6) is -0.790. The maximum atomic E-state index is 12.5. The van der Waals surface area contributed by atoms with Crippen molar-refractivity contribution in [1.82, 2.24) is 9.97 Å². The van der Waals surface area contributed by atoms with E-state index in [9.17, 15) is 14.7 Å². The molecule has 0 aliphatic carbocycles. The van der Waals surface area contributed by atoms with Crippen LogP contribution >= 0.6 is 0 Å². The second-order valence-corrected chi connectivity index (χ2v) is 8.90. The number of esters is 1. The Hall–Kier alpha value is -4.50. The molecule has 4 rings (SSSR count). The number of hydrogen-bond donors (Lipinski definition) is 3. The van der Waals surface area contributed by atoms with Crippen molar-refractivity contribution in [2.75, 3.05) is 19.1 Å². The van der Waals surface area contributed by atoms with Crippen LogP contribution in [0.2, 0.25) is 0 Å². The summed E-state index contributed by atoms with van der Waals surface area (Å²) in [6.07, 6.45) is 3.31. The largest absolute Gasteiger partial charge is 0.494 e. The molecule has 2 aromatic heterocycles. The zero-order chi connectivity index (χ0) is 26.0. The maximum Gasteiger partial charge on any atom is 0.337 e. The minimum absolute atomic E-state index is 0.0956. The molecule has 184 valence electrons. The van der Waals surface area contributed by atoms with E-state index >= 15 is 0 Å². The van der Waals surface area contributed by atoms with Crippen molar-refractivity contribution in [3.63, 3.8) is 0 Å². The number of aromatic hydroxyl groups is 1. The van der Waals surface area contributed by atoms with Crippen molar-refractivity contribution in [1.29, 1.82) is 0 Å². The number of anilines is 1. The van der Waals surface area contributed by atoms with Gasteiger partial charge in [-0.15, -0.1) is 0 Å². The fraction of sp³-hybridized carbons (Fsp3) is 0.185. The summed E-state index contributed by atoms with van der Waals surface area (Å²) in [5, 5.41) is 11.5. The Labute approximate surface area is 208 Å². The lowest BCUT2D eigenvalue weighted by atomic mass is 10.0. The summed E-state index contributed by atoms with van der Waals surface area (Å²) < 4.78 is 4.80. The van der Waals surface area contributed by atoms with E-state index < -0.39 is 11.5 Å². The lowest BCUT2D eigenvalue weighted by Gasteiger charge is -2.25. The van der Waals surface area contributed by atoms with E-state index in [0.29, 0.717) is 44.7 Å². The maximum absolute atomic E-state index is 12.5. The Morgan fingerprint density at radius 1 is 1.11 bits per heavy atom. The monoisotopic (exact) mass is 485 g/mol. The summed E-state index contributed by atoms with van der Waals surface area (Å²) >= 11 is 0. The quantitative estimate of drug-likeness (QED) is 0.280. The lowest BCUT2D eigenvalue weighted by molar-refractivity contribution is -0.122. The Morgan fingerprint density at radius 3 is 2.44 bits per heavy atom. The number of aliphatic imine (C=N–C) groups is 1. The van der Waals surface area contributed by atoms with Gasteiger partial charge in [-0.2, -0.15) is 0 Å². The third-order valence-electron chi connectivity index (χ3n) is 5.71. The van der Waals surface area contributed by atoms with E-state index in [2.05, 4.69) is 9.97 Å². The van der Waals surface area contributed by atoms with Gasteiger partial charge < -0.3 is 25.5 Å². The summed E-state index contributed by atoms with van der Waals surface area (Å²) in [7, 11) is 2.98. The van der Waals surface area contributed by atoms with Crippen LogP contribution in [-0.2, 0) is 9.53 Å². The Kier molecular flexibility index (Phi) is 6.59. The smallest absolute Gasteiger partial charge is 0.337 e. The van der Waals surface area contributed by atoms with Crippen LogP contribution in [0.25, 0.3) is 10.9 Å². The molecule has 0 atom stereocenters. The summed E-state index contributed by atoms with van der Waals surface area (Å²) in [4.78, 5) is 37.9. The second-order valence-electron chi connectivity index (χ2n) is 8.90. The van der Waals surface area contributed by atoms with Crippen molar-refractivity contribution in [3.05, 3.63) is 83.7 Å². The number of aromatic nitrogens is 2. The number of methoxy groups -OCH3 is 1. The van der Waals surface area contributed by atoms with Crippen LogP contribution in [0.15, 0.2) is 72.0 Å². The molecule has 0 unspecified atom stereocenters. The molecule has 2 heterocycles. The molecule has 0 saturated heterocycles. The number of rotatable bonds is 6. The molecule has 4 N–H and O–H groups in total. The average molecular weight is 486 g/mol. The van der Waals surface area contributed by atoms with Crippen LogP contribution in [-0.4, -0.2) is 52.4 Å². The molecule has 0 bridgehead atoms. The van der Waals surface area contributed by atoms with E-state index in [4.69, 9.17) is 15.5 Å². The summed E-state index contributed by atoms with van der Waals surface area (Å²) in [5.41, 5.74) is 8.78. The third-order valence-corrected chi connectivity index (χ3v) is 5.71. The van der Waals surface area contributed by atoms with Gasteiger partial charge in [0.05, 0.1) is 35.2 Å². The molecule has 0 aliphatic rings. The van der Waals surface area contributed by atoms with Gasteiger partial charge in [0.25, 0.3) is 0 Å². The minimum Gasteiger partial charge on any atom is -0.494 e. The first-order valence-electron chi connectivity index (χ1n) is 11.2. The number of carbonyl (C=O) groups is 2.